The quantitative estimate of drug-likeness (QED) is 0.614. The van der Waals surface area contributed by atoms with Crippen LogP contribution < -0.4 is 4.31 Å². The molecule has 0 aliphatic carbocycles. The summed E-state index contributed by atoms with van der Waals surface area (Å²) in [6.45, 7) is 6.23. The molecule has 3 rings (SSSR count). The molecule has 0 heterocycles. The lowest BCUT2D eigenvalue weighted by Gasteiger charge is -2.23. The first-order chi connectivity index (χ1) is 12.4. The average Bonchev–Trinajstić information content (AvgIpc) is 2.63. The minimum atomic E-state index is -3.57. The molecule has 0 amide bonds. The van der Waals surface area contributed by atoms with Gasteiger partial charge in [-0.05, 0) is 56.2 Å². The summed E-state index contributed by atoms with van der Waals surface area (Å²) in [4.78, 5) is 0.313. The third-order valence-corrected chi connectivity index (χ3v) is 6.32. The van der Waals surface area contributed by atoms with E-state index in [9.17, 15) is 8.42 Å². The standard InChI is InChI=1S/C22H23NO2S/c1-4-23(26(24,25)22-14-8-17(2)9-15-22)21-12-10-19(11-13-21)20-7-5-6-18(3)16-20/h5-16H,4H2,1-3H3/p+1. The monoisotopic (exact) mass is 366 g/mol. The van der Waals surface area contributed by atoms with Crippen LogP contribution in [-0.2, 0) is 10.0 Å². The minimum absolute atomic E-state index is 0. The molecule has 4 heteroatoms. The second kappa shape index (κ2) is 7.34. The molecule has 0 radical (unpaired) electrons. The van der Waals surface area contributed by atoms with Crippen LogP contribution in [0.15, 0.2) is 77.7 Å². The van der Waals surface area contributed by atoms with Gasteiger partial charge in [0.1, 0.15) is 0 Å². The first kappa shape index (κ1) is 18.2. The highest BCUT2D eigenvalue weighted by atomic mass is 32.2. The SMILES string of the molecule is CCN(c1ccc(-c2cccc(C)c2)cc1)S(=O)(=O)c1ccc(C)cc1.[H+]. The molecule has 0 bridgehead atoms. The van der Waals surface area contributed by atoms with Gasteiger partial charge in [0, 0.05) is 6.54 Å². The van der Waals surface area contributed by atoms with Crippen LogP contribution in [0.2, 0.25) is 0 Å². The lowest BCUT2D eigenvalue weighted by atomic mass is 10.0. The highest BCUT2D eigenvalue weighted by Gasteiger charge is 2.23. The molecule has 26 heavy (non-hydrogen) atoms. The molecule has 0 N–H and O–H groups in total. The number of rotatable bonds is 5. The highest BCUT2D eigenvalue weighted by Crippen LogP contribution is 2.27. The molecule has 0 fully saturated rings. The predicted octanol–water partition coefficient (Wildman–Crippen LogP) is 5.30. The lowest BCUT2D eigenvalue weighted by Crippen LogP contribution is -2.30. The fraction of sp³-hybridized carbons (Fsp3) is 0.182. The van der Waals surface area contributed by atoms with E-state index in [-0.39, 0.29) is 1.43 Å². The van der Waals surface area contributed by atoms with Gasteiger partial charge in [-0.3, -0.25) is 4.31 Å². The van der Waals surface area contributed by atoms with E-state index in [0.717, 1.165) is 16.7 Å². The van der Waals surface area contributed by atoms with Gasteiger partial charge in [0.25, 0.3) is 10.0 Å². The summed E-state index contributed by atoms with van der Waals surface area (Å²) < 4.78 is 27.4. The Morgan fingerprint density at radius 1 is 0.808 bits per heavy atom. The molecule has 0 saturated carbocycles. The summed E-state index contributed by atoms with van der Waals surface area (Å²) in [5.41, 5.74) is 5.10. The fourth-order valence-electron chi connectivity index (χ4n) is 2.97. The highest BCUT2D eigenvalue weighted by molar-refractivity contribution is 7.92. The Balaban J connectivity index is 0.00000261. The van der Waals surface area contributed by atoms with E-state index in [4.69, 9.17) is 0 Å². The summed E-state index contributed by atoms with van der Waals surface area (Å²) in [5, 5.41) is 0. The zero-order chi connectivity index (χ0) is 18.7. The van der Waals surface area contributed by atoms with Crippen LogP contribution in [-0.4, -0.2) is 15.0 Å². The topological polar surface area (TPSA) is 37.4 Å². The smallest absolute Gasteiger partial charge is 0.267 e. The zero-order valence-corrected chi connectivity index (χ0v) is 16.1. The van der Waals surface area contributed by atoms with Crippen LogP contribution in [0.3, 0.4) is 0 Å². The normalized spacial score (nSPS) is 11.3. The molecule has 0 saturated heterocycles. The molecule has 0 aromatic heterocycles. The van der Waals surface area contributed by atoms with Gasteiger partial charge in [-0.25, -0.2) is 8.42 Å². The second-order valence-electron chi connectivity index (χ2n) is 6.40. The second-order valence-corrected chi connectivity index (χ2v) is 8.26. The van der Waals surface area contributed by atoms with Crippen LogP contribution >= 0.6 is 0 Å². The molecule has 3 aromatic carbocycles. The third kappa shape index (κ3) is 3.65. The number of anilines is 1. The lowest BCUT2D eigenvalue weighted by molar-refractivity contribution is 0.592. The predicted molar refractivity (Wildman–Crippen MR) is 109 cm³/mol. The van der Waals surface area contributed by atoms with Crippen LogP contribution in [0, 0.1) is 13.8 Å². The molecule has 3 aromatic rings. The number of nitrogens with zero attached hydrogens (tertiary/aromatic N) is 1. The molecule has 0 atom stereocenters. The van der Waals surface area contributed by atoms with E-state index in [1.54, 1.807) is 12.1 Å². The van der Waals surface area contributed by atoms with Crippen molar-refractivity contribution in [3.8, 4) is 11.1 Å². The Morgan fingerprint density at radius 2 is 1.46 bits per heavy atom. The molecule has 134 valence electrons. The molecular weight excluding hydrogens is 342 g/mol. The van der Waals surface area contributed by atoms with Gasteiger partial charge in [-0.15, -0.1) is 0 Å². The van der Waals surface area contributed by atoms with Gasteiger partial charge in [0.15, 0.2) is 0 Å². The van der Waals surface area contributed by atoms with Gasteiger partial charge in [0.2, 0.25) is 0 Å². The summed E-state index contributed by atoms with van der Waals surface area (Å²) in [6.07, 6.45) is 0. The van der Waals surface area contributed by atoms with Gasteiger partial charge < -0.3 is 0 Å². The molecular formula is C22H24NO2S+. The number of benzene rings is 3. The Kier molecular flexibility index (Phi) is 5.14. The van der Waals surface area contributed by atoms with Crippen molar-refractivity contribution < 1.29 is 9.84 Å². The summed E-state index contributed by atoms with van der Waals surface area (Å²) in [5.74, 6) is 0. The number of hydrogen-bond acceptors (Lipinski definition) is 2. The Bertz CT molecular complexity index is 997. The molecule has 0 spiro atoms. The van der Waals surface area contributed by atoms with Crippen molar-refractivity contribution in [2.24, 2.45) is 0 Å². The number of aryl methyl sites for hydroxylation is 2. The number of hydrogen-bond donors (Lipinski definition) is 0. The first-order valence-electron chi connectivity index (χ1n) is 8.68. The van der Waals surface area contributed by atoms with E-state index in [0.29, 0.717) is 17.1 Å². The van der Waals surface area contributed by atoms with E-state index in [2.05, 4.69) is 25.1 Å². The van der Waals surface area contributed by atoms with Crippen LogP contribution in [0.1, 0.15) is 19.5 Å². The van der Waals surface area contributed by atoms with E-state index in [1.807, 2.05) is 56.3 Å². The minimum Gasteiger partial charge on any atom is -0.267 e. The van der Waals surface area contributed by atoms with Crippen molar-refractivity contribution in [1.29, 1.82) is 0 Å². The summed E-state index contributed by atoms with van der Waals surface area (Å²) in [7, 11) is -3.57. The number of sulfonamides is 1. The van der Waals surface area contributed by atoms with Crippen LogP contribution in [0.4, 0.5) is 5.69 Å². The van der Waals surface area contributed by atoms with Crippen LogP contribution in [0.25, 0.3) is 11.1 Å². The zero-order valence-electron chi connectivity index (χ0n) is 16.3. The van der Waals surface area contributed by atoms with Crippen molar-refractivity contribution in [2.45, 2.75) is 25.7 Å². The van der Waals surface area contributed by atoms with Crippen molar-refractivity contribution in [3.05, 3.63) is 83.9 Å². The molecule has 0 unspecified atom stereocenters. The Morgan fingerprint density at radius 3 is 2.04 bits per heavy atom. The van der Waals surface area contributed by atoms with Gasteiger partial charge in [-0.2, -0.15) is 0 Å². The van der Waals surface area contributed by atoms with E-state index in [1.165, 1.54) is 9.87 Å². The van der Waals surface area contributed by atoms with Gasteiger partial charge in [-0.1, -0.05) is 59.7 Å². The van der Waals surface area contributed by atoms with Gasteiger partial charge >= 0.3 is 1.43 Å². The maximum absolute atomic E-state index is 13.0. The summed E-state index contributed by atoms with van der Waals surface area (Å²) >= 11 is 0. The van der Waals surface area contributed by atoms with Gasteiger partial charge in [0.05, 0.1) is 10.6 Å². The van der Waals surface area contributed by atoms with Crippen molar-refractivity contribution >= 4 is 15.7 Å². The maximum Gasteiger partial charge on any atom is 1.00 e. The Hall–Kier alpha value is -2.59. The Labute approximate surface area is 157 Å². The first-order valence-corrected chi connectivity index (χ1v) is 10.1. The van der Waals surface area contributed by atoms with E-state index < -0.39 is 10.0 Å². The fourth-order valence-corrected chi connectivity index (χ4v) is 4.45. The molecule has 0 aliphatic rings. The maximum atomic E-state index is 13.0. The van der Waals surface area contributed by atoms with Crippen molar-refractivity contribution in [3.63, 3.8) is 0 Å². The summed E-state index contributed by atoms with van der Waals surface area (Å²) in [6, 6.07) is 22.9. The largest absolute Gasteiger partial charge is 1.00 e. The van der Waals surface area contributed by atoms with Crippen molar-refractivity contribution in [1.82, 2.24) is 0 Å². The average molecular weight is 367 g/mol. The molecule has 3 nitrogen and oxygen atoms in total. The van der Waals surface area contributed by atoms with Crippen molar-refractivity contribution in [2.75, 3.05) is 10.8 Å². The molecule has 0 aliphatic heterocycles. The van der Waals surface area contributed by atoms with E-state index >= 15 is 0 Å². The third-order valence-electron chi connectivity index (χ3n) is 4.40. The van der Waals surface area contributed by atoms with Crippen LogP contribution in [0.5, 0.6) is 0 Å².